The van der Waals surface area contributed by atoms with Crippen LogP contribution >= 0.6 is 0 Å². The molecular formula is C21H28N2O2. The fourth-order valence-electron chi connectivity index (χ4n) is 3.00. The number of methoxy groups -OCH3 is 1. The van der Waals surface area contributed by atoms with E-state index in [0.29, 0.717) is 13.1 Å². The molecule has 0 fully saturated rings. The van der Waals surface area contributed by atoms with Gasteiger partial charge in [0.05, 0.1) is 13.7 Å². The van der Waals surface area contributed by atoms with E-state index >= 15 is 0 Å². The van der Waals surface area contributed by atoms with Gasteiger partial charge in [0.15, 0.2) is 0 Å². The van der Waals surface area contributed by atoms with Crippen LogP contribution in [0, 0.1) is 13.8 Å². The van der Waals surface area contributed by atoms with Crippen molar-refractivity contribution in [1.82, 2.24) is 4.90 Å². The van der Waals surface area contributed by atoms with Crippen LogP contribution < -0.4 is 10.1 Å². The predicted molar refractivity (Wildman–Crippen MR) is 103 cm³/mol. The minimum Gasteiger partial charge on any atom is -0.496 e. The number of benzene rings is 2. The van der Waals surface area contributed by atoms with Gasteiger partial charge in [0.2, 0.25) is 5.91 Å². The Morgan fingerprint density at radius 2 is 1.92 bits per heavy atom. The second-order valence-electron chi connectivity index (χ2n) is 6.50. The molecule has 0 atom stereocenters. The molecule has 2 aromatic rings. The summed E-state index contributed by atoms with van der Waals surface area (Å²) < 4.78 is 5.42. The average molecular weight is 340 g/mol. The Labute approximate surface area is 150 Å². The molecule has 0 spiro atoms. The largest absolute Gasteiger partial charge is 0.496 e. The van der Waals surface area contributed by atoms with Gasteiger partial charge in [-0.15, -0.1) is 0 Å². The second-order valence-corrected chi connectivity index (χ2v) is 6.50. The first-order chi connectivity index (χ1) is 11.9. The number of hydrogen-bond acceptors (Lipinski definition) is 3. The topological polar surface area (TPSA) is 41.6 Å². The van der Waals surface area contributed by atoms with E-state index in [-0.39, 0.29) is 5.91 Å². The monoisotopic (exact) mass is 340 g/mol. The maximum absolute atomic E-state index is 12.5. The first-order valence-corrected chi connectivity index (χ1v) is 8.65. The van der Waals surface area contributed by atoms with E-state index in [1.165, 1.54) is 5.56 Å². The highest BCUT2D eigenvalue weighted by Gasteiger charge is 2.13. The van der Waals surface area contributed by atoms with Crippen molar-refractivity contribution in [2.75, 3.05) is 26.0 Å². The van der Waals surface area contributed by atoms with Crippen molar-refractivity contribution in [2.45, 2.75) is 33.7 Å². The zero-order valence-corrected chi connectivity index (χ0v) is 15.8. The maximum atomic E-state index is 12.5. The van der Waals surface area contributed by atoms with Gasteiger partial charge in [0, 0.05) is 17.8 Å². The summed E-state index contributed by atoms with van der Waals surface area (Å²) in [5.74, 6) is 0.850. The average Bonchev–Trinajstić information content (AvgIpc) is 2.56. The molecule has 1 N–H and O–H groups in total. The summed E-state index contributed by atoms with van der Waals surface area (Å²) in [6.45, 7) is 7.16. The number of nitrogens with zero attached hydrogens (tertiary/aromatic N) is 1. The third kappa shape index (κ3) is 5.07. The third-order valence-electron chi connectivity index (χ3n) is 4.29. The molecule has 1 amide bonds. The number of para-hydroxylation sites is 1. The zero-order chi connectivity index (χ0) is 18.4. The molecule has 0 bridgehead atoms. The maximum Gasteiger partial charge on any atom is 0.238 e. The van der Waals surface area contributed by atoms with Crippen molar-refractivity contribution >= 4 is 11.6 Å². The van der Waals surface area contributed by atoms with Gasteiger partial charge < -0.3 is 10.1 Å². The Bertz CT molecular complexity index is 741. The highest BCUT2D eigenvalue weighted by Crippen LogP contribution is 2.22. The number of carbonyl (C=O) groups is 1. The smallest absolute Gasteiger partial charge is 0.238 e. The lowest BCUT2D eigenvalue weighted by Gasteiger charge is -2.19. The highest BCUT2D eigenvalue weighted by atomic mass is 16.5. The number of anilines is 1. The molecule has 0 aliphatic heterocycles. The highest BCUT2D eigenvalue weighted by molar-refractivity contribution is 5.93. The molecule has 25 heavy (non-hydrogen) atoms. The van der Waals surface area contributed by atoms with Crippen LogP contribution in [0.1, 0.15) is 29.2 Å². The van der Waals surface area contributed by atoms with Crippen molar-refractivity contribution in [3.8, 4) is 5.75 Å². The summed E-state index contributed by atoms with van der Waals surface area (Å²) >= 11 is 0. The Hall–Kier alpha value is -2.33. The van der Waals surface area contributed by atoms with Crippen molar-refractivity contribution in [3.63, 3.8) is 0 Å². The summed E-state index contributed by atoms with van der Waals surface area (Å²) in [5, 5.41) is 3.07. The molecule has 0 aliphatic rings. The van der Waals surface area contributed by atoms with E-state index in [2.05, 4.69) is 31.3 Å². The number of nitrogens with one attached hydrogen (secondary N) is 1. The fraction of sp³-hybridized carbons (Fsp3) is 0.381. The van der Waals surface area contributed by atoms with E-state index in [0.717, 1.165) is 34.5 Å². The first-order valence-electron chi connectivity index (χ1n) is 8.65. The fourth-order valence-corrected chi connectivity index (χ4v) is 3.00. The van der Waals surface area contributed by atoms with Gasteiger partial charge in [0.25, 0.3) is 0 Å². The first kappa shape index (κ1) is 19.0. The van der Waals surface area contributed by atoms with Crippen LogP contribution in [0.4, 0.5) is 5.69 Å². The Balaban J connectivity index is 2.03. The molecule has 0 aliphatic carbocycles. The number of ether oxygens (including phenoxy) is 1. The van der Waals surface area contributed by atoms with E-state index in [4.69, 9.17) is 4.74 Å². The van der Waals surface area contributed by atoms with Crippen LogP contribution in [0.2, 0.25) is 0 Å². The predicted octanol–water partition coefficient (Wildman–Crippen LogP) is 3.94. The number of amides is 1. The number of carbonyl (C=O) groups excluding carboxylic acids is 1. The SMILES string of the molecule is CCc1cccc(C)c1NC(=O)CN(C)Cc1cc(C)ccc1OC. The van der Waals surface area contributed by atoms with Crippen LogP contribution in [-0.2, 0) is 17.8 Å². The van der Waals surface area contributed by atoms with Crippen LogP contribution in [0.15, 0.2) is 36.4 Å². The van der Waals surface area contributed by atoms with Gasteiger partial charge in [0.1, 0.15) is 5.75 Å². The summed E-state index contributed by atoms with van der Waals surface area (Å²) in [4.78, 5) is 14.5. The number of hydrogen-bond donors (Lipinski definition) is 1. The summed E-state index contributed by atoms with van der Waals surface area (Å²) in [6.07, 6.45) is 0.896. The molecule has 134 valence electrons. The molecule has 2 aromatic carbocycles. The van der Waals surface area contributed by atoms with Crippen LogP contribution in [0.5, 0.6) is 5.75 Å². The molecule has 0 unspecified atom stereocenters. The number of likely N-dealkylation sites (N-methyl/N-ethyl adjacent to an activating group) is 1. The van der Waals surface area contributed by atoms with Crippen LogP contribution in [0.25, 0.3) is 0 Å². The Kier molecular flexibility index (Phi) is 6.59. The quantitative estimate of drug-likeness (QED) is 0.830. The lowest BCUT2D eigenvalue weighted by Crippen LogP contribution is -2.30. The van der Waals surface area contributed by atoms with E-state index in [1.54, 1.807) is 7.11 Å². The molecule has 0 heterocycles. The Morgan fingerprint density at radius 3 is 2.60 bits per heavy atom. The van der Waals surface area contributed by atoms with E-state index in [9.17, 15) is 4.79 Å². The molecule has 4 nitrogen and oxygen atoms in total. The summed E-state index contributed by atoms with van der Waals surface area (Å²) in [6, 6.07) is 12.2. The molecule has 4 heteroatoms. The Morgan fingerprint density at radius 1 is 1.16 bits per heavy atom. The van der Waals surface area contributed by atoms with E-state index in [1.807, 2.05) is 43.1 Å². The molecule has 2 rings (SSSR count). The minimum atomic E-state index is -0.00174. The lowest BCUT2D eigenvalue weighted by molar-refractivity contribution is -0.117. The van der Waals surface area contributed by atoms with Gasteiger partial charge in [-0.05, 0) is 44.5 Å². The van der Waals surface area contributed by atoms with Crippen molar-refractivity contribution in [1.29, 1.82) is 0 Å². The molecule has 0 saturated carbocycles. The second kappa shape index (κ2) is 8.67. The van der Waals surface area contributed by atoms with Gasteiger partial charge >= 0.3 is 0 Å². The van der Waals surface area contributed by atoms with Crippen molar-refractivity contribution in [3.05, 3.63) is 58.7 Å². The van der Waals surface area contributed by atoms with Crippen molar-refractivity contribution in [2.24, 2.45) is 0 Å². The van der Waals surface area contributed by atoms with Crippen LogP contribution in [-0.4, -0.2) is 31.5 Å². The third-order valence-corrected chi connectivity index (χ3v) is 4.29. The van der Waals surface area contributed by atoms with E-state index < -0.39 is 0 Å². The summed E-state index contributed by atoms with van der Waals surface area (Å²) in [5.41, 5.74) is 5.47. The zero-order valence-electron chi connectivity index (χ0n) is 15.8. The van der Waals surface area contributed by atoms with Gasteiger partial charge in [-0.25, -0.2) is 0 Å². The molecular weight excluding hydrogens is 312 g/mol. The minimum absolute atomic E-state index is 0.00174. The normalized spacial score (nSPS) is 10.8. The molecule has 0 aromatic heterocycles. The molecule has 0 radical (unpaired) electrons. The van der Waals surface area contributed by atoms with Crippen molar-refractivity contribution < 1.29 is 9.53 Å². The van der Waals surface area contributed by atoms with Gasteiger partial charge in [-0.1, -0.05) is 42.8 Å². The molecule has 0 saturated heterocycles. The van der Waals surface area contributed by atoms with Gasteiger partial charge in [-0.3, -0.25) is 9.69 Å². The number of rotatable bonds is 7. The lowest BCUT2D eigenvalue weighted by atomic mass is 10.1. The number of aryl methyl sites for hydroxylation is 3. The van der Waals surface area contributed by atoms with Crippen LogP contribution in [0.3, 0.4) is 0 Å². The van der Waals surface area contributed by atoms with Gasteiger partial charge in [-0.2, -0.15) is 0 Å². The summed E-state index contributed by atoms with van der Waals surface area (Å²) in [7, 11) is 3.62. The standard InChI is InChI=1S/C21H28N2O2/c1-6-17-9-7-8-16(3)21(17)22-20(24)14-23(4)13-18-12-15(2)10-11-19(18)25-5/h7-12H,6,13-14H2,1-5H3,(H,22,24).